The van der Waals surface area contributed by atoms with Gasteiger partial charge in [0, 0.05) is 50.0 Å². The fourth-order valence-corrected chi connectivity index (χ4v) is 4.78. The molecule has 7 nitrogen and oxygen atoms in total. The van der Waals surface area contributed by atoms with Crippen LogP contribution in [0.1, 0.15) is 38.2 Å². The van der Waals surface area contributed by atoms with Gasteiger partial charge in [-0.25, -0.2) is 5.01 Å². The molecule has 2 aliphatic heterocycles. The maximum absolute atomic E-state index is 12.8. The van der Waals surface area contributed by atoms with Crippen molar-refractivity contribution in [3.63, 3.8) is 0 Å². The lowest BCUT2D eigenvalue weighted by atomic mass is 9.78. The van der Waals surface area contributed by atoms with Crippen LogP contribution in [0.2, 0.25) is 0 Å². The number of nitrogens with one attached hydrogen (secondary N) is 2. The first-order valence-corrected chi connectivity index (χ1v) is 9.68. The number of piperazine rings is 1. The number of hydrogen-bond donors (Lipinski definition) is 2. The van der Waals surface area contributed by atoms with Gasteiger partial charge in [0.2, 0.25) is 11.8 Å². The average molecular weight is 357 g/mol. The number of pyridine rings is 1. The number of likely N-dealkylation sites (N-methyl/N-ethyl adjacent to an activating group) is 1. The lowest BCUT2D eigenvalue weighted by Gasteiger charge is -2.51. The van der Waals surface area contributed by atoms with E-state index in [0.717, 1.165) is 44.3 Å². The molecule has 0 radical (unpaired) electrons. The number of aromatic nitrogens is 1. The molecule has 3 aliphatic rings. The van der Waals surface area contributed by atoms with E-state index in [4.69, 9.17) is 0 Å². The fourth-order valence-electron chi connectivity index (χ4n) is 4.78. The van der Waals surface area contributed by atoms with Gasteiger partial charge in [0.1, 0.15) is 6.04 Å². The second-order valence-electron chi connectivity index (χ2n) is 7.46. The zero-order valence-corrected chi connectivity index (χ0v) is 15.2. The first kappa shape index (κ1) is 17.4. The van der Waals surface area contributed by atoms with Gasteiger partial charge in [0.25, 0.3) is 0 Å². The molecule has 1 aromatic rings. The highest BCUT2D eigenvalue weighted by molar-refractivity contribution is 5.84. The summed E-state index contributed by atoms with van der Waals surface area (Å²) in [6, 6.07) is 4.25. The van der Waals surface area contributed by atoms with Crippen LogP contribution in [0.5, 0.6) is 0 Å². The molecule has 0 bridgehead atoms. The molecule has 140 valence electrons. The molecule has 0 spiro atoms. The Hall–Kier alpha value is -1.99. The number of rotatable bonds is 4. The molecule has 4 rings (SSSR count). The average Bonchev–Trinajstić information content (AvgIpc) is 3.17. The van der Waals surface area contributed by atoms with Crippen LogP contribution in [-0.4, -0.2) is 57.9 Å². The van der Waals surface area contributed by atoms with E-state index in [0.29, 0.717) is 12.6 Å². The summed E-state index contributed by atoms with van der Waals surface area (Å²) in [5, 5.41) is 5.24. The molecule has 7 heteroatoms. The Morgan fingerprint density at radius 3 is 2.85 bits per heavy atom. The number of amides is 2. The highest BCUT2D eigenvalue weighted by Crippen LogP contribution is 2.37. The summed E-state index contributed by atoms with van der Waals surface area (Å²) in [6.07, 6.45) is 6.93. The Labute approximate surface area is 154 Å². The number of carbonyl (C=O) groups is 2. The molecule has 1 saturated carbocycles. The maximum Gasteiger partial charge on any atom is 0.241 e. The van der Waals surface area contributed by atoms with Gasteiger partial charge in [-0.15, -0.1) is 0 Å². The number of hydrogen-bond acceptors (Lipinski definition) is 5. The van der Waals surface area contributed by atoms with Gasteiger partial charge in [0.15, 0.2) is 0 Å². The van der Waals surface area contributed by atoms with Gasteiger partial charge in [-0.2, -0.15) is 0 Å². The second kappa shape index (κ2) is 7.32. The van der Waals surface area contributed by atoms with Gasteiger partial charge >= 0.3 is 0 Å². The molecule has 26 heavy (non-hydrogen) atoms. The standard InChI is InChI=1S/C19H27N5O2/c1-2-23-17-11-14(18(25)21-12-13-5-8-20-9-6-13)3-4-15(17)24-16(19(23)26)7-10-22-24/h5-6,8-9,14-17,22H,2-4,7,10-12H2,1H3,(H,21,25). The number of fused-ring (bicyclic) bond motifs is 3. The summed E-state index contributed by atoms with van der Waals surface area (Å²) in [5.41, 5.74) is 4.45. The maximum atomic E-state index is 12.8. The van der Waals surface area contributed by atoms with Crippen molar-refractivity contribution in [2.45, 2.75) is 57.3 Å². The topological polar surface area (TPSA) is 77.6 Å². The van der Waals surface area contributed by atoms with E-state index in [1.165, 1.54) is 0 Å². The normalized spacial score (nSPS) is 31.4. The predicted octanol–water partition coefficient (Wildman–Crippen LogP) is 0.676. The van der Waals surface area contributed by atoms with E-state index in [1.54, 1.807) is 12.4 Å². The number of carbonyl (C=O) groups excluding carboxylic acids is 2. The van der Waals surface area contributed by atoms with Crippen molar-refractivity contribution in [2.75, 3.05) is 13.1 Å². The largest absolute Gasteiger partial charge is 0.352 e. The summed E-state index contributed by atoms with van der Waals surface area (Å²) in [5.74, 6) is 0.288. The second-order valence-corrected chi connectivity index (χ2v) is 7.46. The van der Waals surface area contributed by atoms with E-state index in [-0.39, 0.29) is 29.8 Å². The Morgan fingerprint density at radius 2 is 2.08 bits per heavy atom. The fraction of sp³-hybridized carbons (Fsp3) is 0.632. The third-order valence-electron chi connectivity index (χ3n) is 6.08. The number of hydrazine groups is 1. The molecular formula is C19H27N5O2. The van der Waals surface area contributed by atoms with Crippen molar-refractivity contribution in [3.8, 4) is 0 Å². The Kier molecular flexibility index (Phi) is 4.91. The van der Waals surface area contributed by atoms with Crippen LogP contribution in [0.25, 0.3) is 0 Å². The van der Waals surface area contributed by atoms with Gasteiger partial charge in [-0.05, 0) is 50.3 Å². The van der Waals surface area contributed by atoms with Crippen molar-refractivity contribution < 1.29 is 9.59 Å². The lowest BCUT2D eigenvalue weighted by Crippen LogP contribution is -2.68. The smallest absolute Gasteiger partial charge is 0.241 e. The van der Waals surface area contributed by atoms with Gasteiger partial charge < -0.3 is 10.2 Å². The van der Waals surface area contributed by atoms with E-state index < -0.39 is 0 Å². The predicted molar refractivity (Wildman–Crippen MR) is 96.6 cm³/mol. The quantitative estimate of drug-likeness (QED) is 0.828. The molecule has 0 aromatic carbocycles. The Balaban J connectivity index is 1.42. The van der Waals surface area contributed by atoms with Crippen molar-refractivity contribution in [2.24, 2.45) is 5.92 Å². The van der Waals surface area contributed by atoms with Crippen LogP contribution in [-0.2, 0) is 16.1 Å². The summed E-state index contributed by atoms with van der Waals surface area (Å²) in [6.45, 7) is 4.15. The molecule has 1 aromatic heterocycles. The molecule has 3 fully saturated rings. The first-order chi connectivity index (χ1) is 12.7. The van der Waals surface area contributed by atoms with Crippen molar-refractivity contribution in [1.82, 2.24) is 25.6 Å². The van der Waals surface area contributed by atoms with Gasteiger partial charge in [-0.3, -0.25) is 20.0 Å². The van der Waals surface area contributed by atoms with E-state index in [1.807, 2.05) is 24.0 Å². The lowest BCUT2D eigenvalue weighted by molar-refractivity contribution is -0.155. The highest BCUT2D eigenvalue weighted by Gasteiger charge is 2.50. The zero-order chi connectivity index (χ0) is 18.1. The third-order valence-corrected chi connectivity index (χ3v) is 6.08. The van der Waals surface area contributed by atoms with E-state index in [9.17, 15) is 9.59 Å². The minimum absolute atomic E-state index is 0.0201. The molecule has 3 heterocycles. The summed E-state index contributed by atoms with van der Waals surface area (Å²) in [4.78, 5) is 31.5. The van der Waals surface area contributed by atoms with Crippen LogP contribution in [0.3, 0.4) is 0 Å². The van der Waals surface area contributed by atoms with Gasteiger partial charge in [0.05, 0.1) is 0 Å². The molecule has 1 aliphatic carbocycles. The molecule has 4 atom stereocenters. The zero-order valence-electron chi connectivity index (χ0n) is 15.2. The highest BCUT2D eigenvalue weighted by atomic mass is 16.2. The Morgan fingerprint density at radius 1 is 1.27 bits per heavy atom. The first-order valence-electron chi connectivity index (χ1n) is 9.68. The minimum Gasteiger partial charge on any atom is -0.352 e. The molecular weight excluding hydrogens is 330 g/mol. The summed E-state index contributed by atoms with van der Waals surface area (Å²) in [7, 11) is 0. The SMILES string of the molecule is CCN1C(=O)C2CCNN2C2CCC(C(=O)NCc3ccncc3)CC21. The van der Waals surface area contributed by atoms with Crippen LogP contribution in [0.4, 0.5) is 0 Å². The molecule has 4 unspecified atom stereocenters. The van der Waals surface area contributed by atoms with Crippen molar-refractivity contribution >= 4 is 11.8 Å². The van der Waals surface area contributed by atoms with Crippen LogP contribution in [0.15, 0.2) is 24.5 Å². The van der Waals surface area contributed by atoms with Crippen molar-refractivity contribution in [3.05, 3.63) is 30.1 Å². The molecule has 2 amide bonds. The minimum atomic E-state index is -0.0286. The molecule has 2 saturated heterocycles. The van der Waals surface area contributed by atoms with E-state index >= 15 is 0 Å². The number of nitrogens with zero attached hydrogens (tertiary/aromatic N) is 3. The summed E-state index contributed by atoms with van der Waals surface area (Å²) < 4.78 is 0. The van der Waals surface area contributed by atoms with Crippen LogP contribution in [0, 0.1) is 5.92 Å². The van der Waals surface area contributed by atoms with Crippen LogP contribution < -0.4 is 10.7 Å². The van der Waals surface area contributed by atoms with Gasteiger partial charge in [-0.1, -0.05) is 0 Å². The van der Waals surface area contributed by atoms with Crippen molar-refractivity contribution in [1.29, 1.82) is 0 Å². The summed E-state index contributed by atoms with van der Waals surface area (Å²) >= 11 is 0. The van der Waals surface area contributed by atoms with E-state index in [2.05, 4.69) is 20.7 Å². The Bertz CT molecular complexity index is 667. The molecule has 2 N–H and O–H groups in total. The van der Waals surface area contributed by atoms with Crippen LogP contribution >= 0.6 is 0 Å². The third kappa shape index (κ3) is 3.10. The monoisotopic (exact) mass is 357 g/mol.